The average molecular weight is 968 g/mol. The molecule has 2 aromatic carbocycles. The fourth-order valence-electron chi connectivity index (χ4n) is 7.34. The van der Waals surface area contributed by atoms with Crippen molar-refractivity contribution in [2.24, 2.45) is 23.1 Å². The smallest absolute Gasteiger partial charge is 0.243 e. The van der Waals surface area contributed by atoms with Crippen molar-refractivity contribution in [2.75, 3.05) is 31.6 Å². The Balaban J connectivity index is 1.87. The minimum Gasteiger partial charge on any atom is -0.508 e. The summed E-state index contributed by atoms with van der Waals surface area (Å²) in [4.78, 5) is 120. The Bertz CT molecular complexity index is 2000. The van der Waals surface area contributed by atoms with E-state index in [0.29, 0.717) is 42.7 Å². The molecule has 374 valence electrons. The molecule has 22 heteroatoms. The zero-order chi connectivity index (χ0) is 50.2. The molecule has 0 aliphatic carbocycles. The fourth-order valence-corrected chi connectivity index (χ4v) is 7.81. The fraction of sp³-hybridized carbons (Fsp3) is 0.543. The molecule has 1 aliphatic rings. The first-order chi connectivity index (χ1) is 32.4. The van der Waals surface area contributed by atoms with Gasteiger partial charge in [-0.1, -0.05) is 56.3 Å². The van der Waals surface area contributed by atoms with Gasteiger partial charge in [-0.3, -0.25) is 43.2 Å². The van der Waals surface area contributed by atoms with Gasteiger partial charge in [-0.2, -0.15) is 11.8 Å². The van der Waals surface area contributed by atoms with Crippen LogP contribution in [0, 0.1) is 5.92 Å². The van der Waals surface area contributed by atoms with Crippen LogP contribution in [0.1, 0.15) is 76.3 Å². The molecule has 1 fully saturated rings. The monoisotopic (exact) mass is 967 g/mol. The van der Waals surface area contributed by atoms with Crippen molar-refractivity contribution < 1.29 is 48.3 Å². The third kappa shape index (κ3) is 20.3. The lowest BCUT2D eigenvalue weighted by Crippen LogP contribution is -2.60. The molecule has 0 spiro atoms. The summed E-state index contributed by atoms with van der Waals surface area (Å²) in [6.07, 6.45) is 3.77. The zero-order valence-corrected chi connectivity index (χ0v) is 39.8. The van der Waals surface area contributed by atoms with Gasteiger partial charge in [0, 0.05) is 12.8 Å². The molecule has 0 bridgehead atoms. The molecule has 0 saturated carbocycles. The van der Waals surface area contributed by atoms with E-state index >= 15 is 0 Å². The van der Waals surface area contributed by atoms with E-state index in [9.17, 15) is 48.3 Å². The highest BCUT2D eigenvalue weighted by molar-refractivity contribution is 7.98. The molecule has 7 atom stereocenters. The van der Waals surface area contributed by atoms with E-state index < -0.39 is 108 Å². The van der Waals surface area contributed by atoms with Crippen molar-refractivity contribution in [3.8, 4) is 5.75 Å². The van der Waals surface area contributed by atoms with E-state index in [0.717, 1.165) is 6.42 Å². The number of aromatic hydroxyl groups is 1. The Morgan fingerprint density at radius 2 is 1.26 bits per heavy atom. The van der Waals surface area contributed by atoms with Crippen LogP contribution in [-0.4, -0.2) is 132 Å². The first kappa shape index (κ1) is 56.1. The van der Waals surface area contributed by atoms with Crippen molar-refractivity contribution in [1.82, 2.24) is 42.5 Å². The molecule has 9 amide bonds. The number of rotatable bonds is 30. The molecule has 1 unspecified atom stereocenters. The highest BCUT2D eigenvalue weighted by Gasteiger charge is 2.34. The Hall–Kier alpha value is -6.26. The van der Waals surface area contributed by atoms with E-state index in [2.05, 4.69) is 42.5 Å². The second-order valence-corrected chi connectivity index (χ2v) is 18.1. The first-order valence-electron chi connectivity index (χ1n) is 22.8. The largest absolute Gasteiger partial charge is 0.508 e. The summed E-state index contributed by atoms with van der Waals surface area (Å²) in [5.74, 6) is -6.24. The number of nitrogens with two attached hydrogens (primary N) is 3. The Labute approximate surface area is 401 Å². The molecule has 0 radical (unpaired) electrons. The Morgan fingerprint density at radius 3 is 1.84 bits per heavy atom. The molecule has 68 heavy (non-hydrogen) atoms. The summed E-state index contributed by atoms with van der Waals surface area (Å²) in [5, 5.41) is 31.3. The van der Waals surface area contributed by atoms with Gasteiger partial charge in [-0.05, 0) is 99.2 Å². The van der Waals surface area contributed by atoms with Crippen molar-refractivity contribution in [3.05, 3.63) is 65.7 Å². The number of carbonyl (C=O) groups excluding carboxylic acids is 9. The quantitative estimate of drug-likeness (QED) is 0.0387. The van der Waals surface area contributed by atoms with Crippen LogP contribution in [0.5, 0.6) is 5.75 Å². The van der Waals surface area contributed by atoms with Crippen molar-refractivity contribution >= 4 is 64.9 Å². The predicted molar refractivity (Wildman–Crippen MR) is 256 cm³/mol. The number of carbonyl (C=O) groups is 9. The van der Waals surface area contributed by atoms with Crippen LogP contribution >= 0.6 is 11.8 Å². The van der Waals surface area contributed by atoms with Crippen LogP contribution in [0.15, 0.2) is 54.6 Å². The van der Waals surface area contributed by atoms with E-state index in [4.69, 9.17) is 17.2 Å². The number of hydrogen-bond donors (Lipinski definition) is 12. The Kier molecular flexibility index (Phi) is 24.3. The average Bonchev–Trinajstić information content (AvgIpc) is 3.85. The van der Waals surface area contributed by atoms with Gasteiger partial charge in [0.25, 0.3) is 0 Å². The van der Waals surface area contributed by atoms with Crippen molar-refractivity contribution in [3.63, 3.8) is 0 Å². The molecule has 1 saturated heterocycles. The molecular formula is C46H69N11O10S. The van der Waals surface area contributed by atoms with Crippen LogP contribution in [0.25, 0.3) is 0 Å². The van der Waals surface area contributed by atoms with Crippen LogP contribution < -0.4 is 59.7 Å². The highest BCUT2D eigenvalue weighted by atomic mass is 32.2. The number of thioether (sulfide) groups is 1. The number of nitrogens with one attached hydrogen (secondary N) is 8. The van der Waals surface area contributed by atoms with Crippen LogP contribution in [0.2, 0.25) is 0 Å². The minimum absolute atomic E-state index is 0.0465. The molecule has 2 aromatic rings. The van der Waals surface area contributed by atoms with Gasteiger partial charge in [0.2, 0.25) is 53.2 Å². The molecule has 21 nitrogen and oxygen atoms in total. The summed E-state index contributed by atoms with van der Waals surface area (Å²) < 4.78 is 0. The molecule has 15 N–H and O–H groups in total. The second-order valence-electron chi connectivity index (χ2n) is 17.1. The van der Waals surface area contributed by atoms with Crippen molar-refractivity contribution in [2.45, 2.75) is 120 Å². The highest BCUT2D eigenvalue weighted by Crippen LogP contribution is 2.14. The number of unbranched alkanes of at least 4 members (excludes halogenated alkanes) is 1. The van der Waals surface area contributed by atoms with Crippen molar-refractivity contribution in [1.29, 1.82) is 0 Å². The topological polar surface area (TPSA) is 348 Å². The summed E-state index contributed by atoms with van der Waals surface area (Å²) >= 11 is 1.47. The molecular weight excluding hydrogens is 899 g/mol. The van der Waals surface area contributed by atoms with Gasteiger partial charge in [0.1, 0.15) is 42.0 Å². The third-order valence-electron chi connectivity index (χ3n) is 11.0. The number of primary amides is 2. The summed E-state index contributed by atoms with van der Waals surface area (Å²) in [7, 11) is 0. The minimum atomic E-state index is -1.40. The molecule has 0 aromatic heterocycles. The lowest BCUT2D eigenvalue weighted by molar-refractivity contribution is -0.135. The van der Waals surface area contributed by atoms with Crippen LogP contribution in [-0.2, 0) is 56.0 Å². The summed E-state index contributed by atoms with van der Waals surface area (Å²) in [6, 6.07) is 6.58. The number of phenolic OH excluding ortho intramolecular Hbond substituents is 1. The number of benzene rings is 2. The van der Waals surface area contributed by atoms with Crippen LogP contribution in [0.3, 0.4) is 0 Å². The molecule has 1 heterocycles. The van der Waals surface area contributed by atoms with E-state index in [1.54, 1.807) is 30.3 Å². The molecule has 1 aliphatic heterocycles. The zero-order valence-electron chi connectivity index (χ0n) is 39.0. The van der Waals surface area contributed by atoms with Gasteiger partial charge in [-0.25, -0.2) is 0 Å². The maximum Gasteiger partial charge on any atom is 0.243 e. The van der Waals surface area contributed by atoms with E-state index in [1.165, 1.54) is 36.0 Å². The summed E-state index contributed by atoms with van der Waals surface area (Å²) in [5.41, 5.74) is 17.8. The Morgan fingerprint density at radius 1 is 0.691 bits per heavy atom. The number of hydrogen-bond acceptors (Lipinski definition) is 13. The lowest BCUT2D eigenvalue weighted by atomic mass is 10.0. The van der Waals surface area contributed by atoms with E-state index in [1.807, 2.05) is 20.1 Å². The predicted octanol–water partition coefficient (Wildman–Crippen LogP) is -1.76. The van der Waals surface area contributed by atoms with Gasteiger partial charge >= 0.3 is 0 Å². The standard InChI is InChI=1S/C46H69N11O10S/c1-27(2)22-34(44(65)53-31(40(49)61)18-21-68-3)52-39(60)26-51-41(62)35(24-29-14-16-30(58)17-15-29)55-45(66)36(23-28-10-5-4-6-11-28)56-43(64)33(12-7-8-19-47)54-46(67)37(25-38(48)59)57-42(63)32-13-9-20-50-32/h4-6,10-11,14-17,27,31-37,50,58H,7-9,12-13,18-26,47H2,1-3H3,(H2,48,59)(H2,49,61)(H,51,62)(H,52,60)(H,53,65)(H,54,67)(H,55,66)(H,56,64)(H,57,63)/t31?,32-,33-,34-,35-,36-,37-/m0/s1. The van der Waals surface area contributed by atoms with Gasteiger partial charge in [-0.15, -0.1) is 0 Å². The van der Waals surface area contributed by atoms with Gasteiger partial charge in [0.05, 0.1) is 19.0 Å². The number of phenols is 1. The van der Waals surface area contributed by atoms with Gasteiger partial charge < -0.3 is 64.8 Å². The van der Waals surface area contributed by atoms with Gasteiger partial charge in [0.15, 0.2) is 0 Å². The summed E-state index contributed by atoms with van der Waals surface area (Å²) in [6.45, 7) is 3.96. The molecule has 3 rings (SSSR count). The SMILES string of the molecule is CSCCC(NC(=O)[C@H](CC(C)C)NC(=O)CNC(=O)[C@H](Cc1ccc(O)cc1)NC(=O)[C@H](Cc1ccccc1)NC(=O)[C@H](CCCCN)NC(=O)[C@H](CC(N)=O)NC(=O)[C@@H]1CCCN1)C(N)=O. The normalized spacial score (nSPS) is 15.9. The maximum absolute atomic E-state index is 14.4. The maximum atomic E-state index is 14.4. The third-order valence-corrected chi connectivity index (χ3v) is 11.6. The second kappa shape index (κ2) is 29.5. The van der Waals surface area contributed by atoms with E-state index in [-0.39, 0.29) is 50.3 Å². The lowest BCUT2D eigenvalue weighted by Gasteiger charge is -2.27. The van der Waals surface area contributed by atoms with Crippen LogP contribution in [0.4, 0.5) is 0 Å². The number of amides is 9. The first-order valence-corrected chi connectivity index (χ1v) is 24.2.